The first-order valence-corrected chi connectivity index (χ1v) is 9.34. The molecule has 2 heterocycles. The Labute approximate surface area is 136 Å². The van der Waals surface area contributed by atoms with Crippen LogP contribution in [0.4, 0.5) is 0 Å². The first kappa shape index (κ1) is 15.9. The van der Waals surface area contributed by atoms with E-state index >= 15 is 0 Å². The summed E-state index contributed by atoms with van der Waals surface area (Å²) < 4.78 is 5.80. The van der Waals surface area contributed by atoms with E-state index in [-0.39, 0.29) is 17.6 Å². The average Bonchev–Trinajstić information content (AvgIpc) is 3.19. The normalized spacial score (nSPS) is 27.2. The highest BCUT2D eigenvalue weighted by atomic mass is 32.1. The van der Waals surface area contributed by atoms with Crippen LogP contribution in [0.1, 0.15) is 69.0 Å². The molecule has 22 heavy (non-hydrogen) atoms. The third-order valence-electron chi connectivity index (χ3n) is 4.88. The molecule has 0 aromatic carbocycles. The lowest BCUT2D eigenvalue weighted by Gasteiger charge is -2.28. The van der Waals surface area contributed by atoms with E-state index in [9.17, 15) is 4.79 Å². The smallest absolute Gasteiger partial charge is 0.220 e. The first-order valence-electron chi connectivity index (χ1n) is 8.46. The molecule has 1 amide bonds. The molecule has 0 spiro atoms. The Morgan fingerprint density at radius 1 is 1.45 bits per heavy atom. The Morgan fingerprint density at radius 2 is 2.23 bits per heavy atom. The number of amides is 1. The Balaban J connectivity index is 1.58. The van der Waals surface area contributed by atoms with Crippen LogP contribution in [0, 0.1) is 6.92 Å². The van der Waals surface area contributed by atoms with E-state index in [1.165, 1.54) is 12.8 Å². The van der Waals surface area contributed by atoms with Gasteiger partial charge in [-0.1, -0.05) is 12.8 Å². The van der Waals surface area contributed by atoms with E-state index in [1.807, 2.05) is 6.92 Å². The van der Waals surface area contributed by atoms with Crippen LogP contribution >= 0.6 is 11.3 Å². The second-order valence-electron chi connectivity index (χ2n) is 6.82. The van der Waals surface area contributed by atoms with E-state index in [2.05, 4.69) is 22.6 Å². The zero-order valence-electron chi connectivity index (χ0n) is 13.6. The number of hydrogen-bond acceptors (Lipinski definition) is 4. The zero-order chi connectivity index (χ0) is 15.6. The van der Waals surface area contributed by atoms with Crippen molar-refractivity contribution in [3.63, 3.8) is 0 Å². The van der Waals surface area contributed by atoms with Gasteiger partial charge in [-0.25, -0.2) is 4.98 Å². The van der Waals surface area contributed by atoms with E-state index in [1.54, 1.807) is 11.3 Å². The van der Waals surface area contributed by atoms with Crippen LogP contribution in [-0.2, 0) is 15.1 Å². The van der Waals surface area contributed by atoms with E-state index < -0.39 is 0 Å². The van der Waals surface area contributed by atoms with Gasteiger partial charge in [0.25, 0.3) is 0 Å². The zero-order valence-corrected chi connectivity index (χ0v) is 14.4. The summed E-state index contributed by atoms with van der Waals surface area (Å²) in [5.41, 5.74) is 0.841. The Kier molecular flexibility index (Phi) is 4.83. The van der Waals surface area contributed by atoms with Crippen LogP contribution in [0.3, 0.4) is 0 Å². The molecule has 0 unspecified atom stereocenters. The highest BCUT2D eigenvalue weighted by Gasteiger charge is 2.39. The molecule has 1 aromatic heterocycles. The van der Waals surface area contributed by atoms with Gasteiger partial charge in [0.05, 0.1) is 17.7 Å². The summed E-state index contributed by atoms with van der Waals surface area (Å²) in [5, 5.41) is 6.47. The maximum atomic E-state index is 12.4. The van der Waals surface area contributed by atoms with E-state index in [0.717, 1.165) is 42.8 Å². The number of nitrogens with zero attached hydrogens (tertiary/aromatic N) is 1. The van der Waals surface area contributed by atoms with Gasteiger partial charge in [0.1, 0.15) is 5.01 Å². The van der Waals surface area contributed by atoms with Crippen molar-refractivity contribution < 1.29 is 9.53 Å². The van der Waals surface area contributed by atoms with Crippen LogP contribution in [0.25, 0.3) is 0 Å². The topological polar surface area (TPSA) is 51.2 Å². The van der Waals surface area contributed by atoms with Gasteiger partial charge in [0, 0.05) is 17.5 Å². The quantitative estimate of drug-likeness (QED) is 0.899. The summed E-state index contributed by atoms with van der Waals surface area (Å²) in [6, 6.07) is 0. The van der Waals surface area contributed by atoms with Crippen LogP contribution < -0.4 is 5.32 Å². The molecule has 2 fully saturated rings. The minimum absolute atomic E-state index is 0.151. The van der Waals surface area contributed by atoms with Gasteiger partial charge in [0.15, 0.2) is 0 Å². The van der Waals surface area contributed by atoms with Crippen molar-refractivity contribution in [1.29, 1.82) is 0 Å². The van der Waals surface area contributed by atoms with Crippen molar-refractivity contribution >= 4 is 17.2 Å². The standard InChI is InChI=1S/C17H26N2O2S/c1-12-11-22-16(18-12)17(9-3-4-10-17)19-15(20)8-7-14-6-5-13(2)21-14/h11,13-14H,3-10H2,1-2H3,(H,19,20)/t13-,14-/m1/s1. The van der Waals surface area contributed by atoms with E-state index in [0.29, 0.717) is 12.5 Å². The molecule has 2 atom stereocenters. The number of aromatic nitrogens is 1. The van der Waals surface area contributed by atoms with Crippen molar-refractivity contribution in [2.75, 3.05) is 0 Å². The molecule has 1 aliphatic heterocycles. The van der Waals surface area contributed by atoms with Gasteiger partial charge in [-0.05, 0) is 46.0 Å². The molecular formula is C17H26N2O2S. The second-order valence-corrected chi connectivity index (χ2v) is 7.67. The second kappa shape index (κ2) is 6.67. The molecule has 0 radical (unpaired) electrons. The maximum absolute atomic E-state index is 12.4. The van der Waals surface area contributed by atoms with Crippen LogP contribution in [0.15, 0.2) is 5.38 Å². The lowest BCUT2D eigenvalue weighted by molar-refractivity contribution is -0.123. The Bertz CT molecular complexity index is 522. The highest BCUT2D eigenvalue weighted by Crippen LogP contribution is 2.40. The fourth-order valence-corrected chi connectivity index (χ4v) is 4.68. The number of carbonyl (C=O) groups is 1. The van der Waals surface area contributed by atoms with Crippen LogP contribution in [0.2, 0.25) is 0 Å². The molecule has 1 aromatic rings. The molecule has 1 aliphatic carbocycles. The number of carbonyl (C=O) groups excluding carboxylic acids is 1. The van der Waals surface area contributed by atoms with Crippen molar-refractivity contribution in [3.8, 4) is 0 Å². The maximum Gasteiger partial charge on any atom is 0.220 e. The van der Waals surface area contributed by atoms with Gasteiger partial charge < -0.3 is 10.1 Å². The van der Waals surface area contributed by atoms with Crippen molar-refractivity contribution in [3.05, 3.63) is 16.1 Å². The number of aryl methyl sites for hydroxylation is 1. The monoisotopic (exact) mass is 322 g/mol. The third kappa shape index (κ3) is 3.51. The Hall–Kier alpha value is -0.940. The molecule has 122 valence electrons. The lowest BCUT2D eigenvalue weighted by Crippen LogP contribution is -2.44. The predicted molar refractivity (Wildman–Crippen MR) is 87.9 cm³/mol. The molecule has 0 bridgehead atoms. The number of hydrogen-bond donors (Lipinski definition) is 1. The van der Waals surface area contributed by atoms with Gasteiger partial charge in [-0.3, -0.25) is 4.79 Å². The van der Waals surface area contributed by atoms with Gasteiger partial charge in [0.2, 0.25) is 5.91 Å². The molecule has 4 nitrogen and oxygen atoms in total. The summed E-state index contributed by atoms with van der Waals surface area (Å²) in [4.78, 5) is 17.1. The summed E-state index contributed by atoms with van der Waals surface area (Å²) in [5.74, 6) is 0.151. The number of ether oxygens (including phenoxy) is 1. The van der Waals surface area contributed by atoms with Crippen LogP contribution in [-0.4, -0.2) is 23.1 Å². The molecule has 5 heteroatoms. The Morgan fingerprint density at radius 3 is 2.82 bits per heavy atom. The molecule has 1 saturated carbocycles. The molecule has 1 saturated heterocycles. The largest absolute Gasteiger partial charge is 0.375 e. The number of nitrogens with one attached hydrogen (secondary N) is 1. The summed E-state index contributed by atoms with van der Waals surface area (Å²) in [7, 11) is 0. The summed E-state index contributed by atoms with van der Waals surface area (Å²) >= 11 is 1.68. The summed E-state index contributed by atoms with van der Waals surface area (Å²) in [6.45, 7) is 4.13. The fourth-order valence-electron chi connectivity index (χ4n) is 3.66. The first-order chi connectivity index (χ1) is 10.6. The van der Waals surface area contributed by atoms with Crippen molar-refractivity contribution in [1.82, 2.24) is 10.3 Å². The van der Waals surface area contributed by atoms with Gasteiger partial charge in [-0.2, -0.15) is 0 Å². The fraction of sp³-hybridized carbons (Fsp3) is 0.765. The molecule has 1 N–H and O–H groups in total. The highest BCUT2D eigenvalue weighted by molar-refractivity contribution is 7.09. The molecule has 3 rings (SSSR count). The molecular weight excluding hydrogens is 296 g/mol. The van der Waals surface area contributed by atoms with Crippen molar-refractivity contribution in [2.45, 2.75) is 83.0 Å². The van der Waals surface area contributed by atoms with Crippen molar-refractivity contribution in [2.24, 2.45) is 0 Å². The van der Waals surface area contributed by atoms with Gasteiger partial charge >= 0.3 is 0 Å². The average molecular weight is 322 g/mol. The minimum Gasteiger partial charge on any atom is -0.375 e. The van der Waals surface area contributed by atoms with Crippen LogP contribution in [0.5, 0.6) is 0 Å². The van der Waals surface area contributed by atoms with Gasteiger partial charge in [-0.15, -0.1) is 11.3 Å². The number of rotatable bonds is 5. The minimum atomic E-state index is -0.208. The SMILES string of the molecule is Cc1csc(C2(NC(=O)CC[C@H]3CC[C@@H](C)O3)CCCC2)n1. The molecule has 2 aliphatic rings. The van der Waals surface area contributed by atoms with E-state index in [4.69, 9.17) is 4.74 Å². The predicted octanol–water partition coefficient (Wildman–Crippen LogP) is 3.68. The number of thiazole rings is 1. The lowest BCUT2D eigenvalue weighted by atomic mass is 9.97. The summed E-state index contributed by atoms with van der Waals surface area (Å²) in [6.07, 6.45) is 8.59. The third-order valence-corrected chi connectivity index (χ3v) is 6.04.